The van der Waals surface area contributed by atoms with Gasteiger partial charge in [0.1, 0.15) is 5.60 Å². The minimum absolute atomic E-state index is 0.124. The van der Waals surface area contributed by atoms with Gasteiger partial charge in [0.05, 0.1) is 13.1 Å². The van der Waals surface area contributed by atoms with E-state index in [0.29, 0.717) is 23.1 Å². The number of hydrogen-bond acceptors (Lipinski definition) is 2. The molecule has 1 amide bonds. The van der Waals surface area contributed by atoms with E-state index in [0.717, 1.165) is 5.56 Å². The topological polar surface area (TPSA) is 40.5 Å². The normalized spacial score (nSPS) is 17.6. The Kier molecular flexibility index (Phi) is 4.43. The second-order valence-electron chi connectivity index (χ2n) is 5.45. The average molecular weight is 314 g/mol. The molecule has 1 fully saturated rings. The molecule has 1 aliphatic heterocycles. The summed E-state index contributed by atoms with van der Waals surface area (Å²) < 4.78 is 0. The first-order chi connectivity index (χ1) is 9.32. The van der Waals surface area contributed by atoms with Gasteiger partial charge in [0.2, 0.25) is 5.91 Å². The van der Waals surface area contributed by atoms with Crippen molar-refractivity contribution in [3.05, 3.63) is 39.9 Å². The van der Waals surface area contributed by atoms with Crippen molar-refractivity contribution in [2.75, 3.05) is 13.1 Å². The highest BCUT2D eigenvalue weighted by molar-refractivity contribution is 6.35. The molecule has 1 aromatic rings. The maximum atomic E-state index is 11.9. The van der Waals surface area contributed by atoms with E-state index in [9.17, 15) is 9.90 Å². The molecule has 1 saturated heterocycles. The number of aliphatic hydroxyl groups is 1. The molecule has 1 aliphatic rings. The number of β-amino-alcohol motifs (C(OH)–C–C–N with tert-alkyl or cyclic N) is 1. The van der Waals surface area contributed by atoms with Crippen molar-refractivity contribution in [3.8, 4) is 0 Å². The lowest BCUT2D eigenvalue weighted by atomic mass is 9.83. The van der Waals surface area contributed by atoms with E-state index in [-0.39, 0.29) is 11.8 Å². The van der Waals surface area contributed by atoms with Gasteiger partial charge < -0.3 is 10.0 Å². The van der Waals surface area contributed by atoms with Crippen LogP contribution in [-0.4, -0.2) is 34.6 Å². The zero-order valence-electron chi connectivity index (χ0n) is 11.4. The van der Waals surface area contributed by atoms with Crippen LogP contribution < -0.4 is 0 Å². The summed E-state index contributed by atoms with van der Waals surface area (Å²) in [6, 6.07) is 5.11. The highest BCUT2D eigenvalue weighted by atomic mass is 35.5. The Balaban J connectivity index is 1.98. The number of likely N-dealkylation sites (tertiary alicyclic amines) is 1. The highest BCUT2D eigenvalue weighted by Gasteiger charge is 2.45. The summed E-state index contributed by atoms with van der Waals surface area (Å²) in [4.78, 5) is 13.6. The van der Waals surface area contributed by atoms with E-state index in [4.69, 9.17) is 23.2 Å². The molecule has 0 saturated carbocycles. The van der Waals surface area contributed by atoms with E-state index < -0.39 is 5.60 Å². The molecule has 1 heterocycles. The van der Waals surface area contributed by atoms with Crippen LogP contribution in [0.5, 0.6) is 0 Å². The Labute approximate surface area is 128 Å². The van der Waals surface area contributed by atoms with Crippen LogP contribution in [0.1, 0.15) is 19.4 Å². The summed E-state index contributed by atoms with van der Waals surface area (Å²) in [5, 5.41) is 11.2. The molecule has 3 nitrogen and oxygen atoms in total. The predicted octanol–water partition coefficient (Wildman–Crippen LogP) is 3.24. The molecule has 20 heavy (non-hydrogen) atoms. The summed E-state index contributed by atoms with van der Waals surface area (Å²) in [7, 11) is 0. The molecular formula is C15H17Cl2NO2. The Morgan fingerprint density at radius 3 is 2.60 bits per heavy atom. The molecule has 0 aromatic heterocycles. The molecule has 0 unspecified atom stereocenters. The van der Waals surface area contributed by atoms with Gasteiger partial charge >= 0.3 is 0 Å². The zero-order chi connectivity index (χ0) is 14.9. The van der Waals surface area contributed by atoms with Crippen molar-refractivity contribution in [2.45, 2.75) is 19.4 Å². The lowest BCUT2D eigenvalue weighted by Crippen LogP contribution is -2.65. The first kappa shape index (κ1) is 15.4. The van der Waals surface area contributed by atoms with E-state index in [1.54, 1.807) is 29.2 Å². The monoisotopic (exact) mass is 313 g/mol. The van der Waals surface area contributed by atoms with Crippen LogP contribution in [-0.2, 0) is 4.79 Å². The summed E-state index contributed by atoms with van der Waals surface area (Å²) in [6.45, 7) is 4.65. The largest absolute Gasteiger partial charge is 0.386 e. The quantitative estimate of drug-likeness (QED) is 0.870. The van der Waals surface area contributed by atoms with Crippen LogP contribution in [0.25, 0.3) is 6.08 Å². The van der Waals surface area contributed by atoms with Gasteiger partial charge in [-0.25, -0.2) is 0 Å². The van der Waals surface area contributed by atoms with Crippen molar-refractivity contribution in [1.82, 2.24) is 4.90 Å². The lowest BCUT2D eigenvalue weighted by Gasteiger charge is -2.48. The van der Waals surface area contributed by atoms with Crippen LogP contribution >= 0.6 is 23.2 Å². The van der Waals surface area contributed by atoms with E-state index in [1.807, 2.05) is 13.8 Å². The summed E-state index contributed by atoms with van der Waals surface area (Å²) in [5.74, 6) is 0.0163. The number of nitrogens with zero attached hydrogens (tertiary/aromatic N) is 1. The molecule has 1 aromatic carbocycles. The fourth-order valence-electron chi connectivity index (χ4n) is 2.04. The van der Waals surface area contributed by atoms with Crippen molar-refractivity contribution >= 4 is 35.2 Å². The zero-order valence-corrected chi connectivity index (χ0v) is 12.9. The van der Waals surface area contributed by atoms with Crippen LogP contribution in [0.2, 0.25) is 10.0 Å². The third-order valence-electron chi connectivity index (χ3n) is 3.68. The van der Waals surface area contributed by atoms with Crippen LogP contribution in [0.4, 0.5) is 0 Å². The summed E-state index contributed by atoms with van der Waals surface area (Å²) in [6.07, 6.45) is 3.13. The first-order valence-electron chi connectivity index (χ1n) is 6.46. The molecular weight excluding hydrogens is 297 g/mol. The van der Waals surface area contributed by atoms with Gasteiger partial charge in [-0.3, -0.25) is 4.79 Å². The molecule has 5 heteroatoms. The average Bonchev–Trinajstić information content (AvgIpc) is 2.33. The number of hydrogen-bond donors (Lipinski definition) is 1. The first-order valence-corrected chi connectivity index (χ1v) is 7.22. The van der Waals surface area contributed by atoms with Crippen LogP contribution in [0, 0.1) is 5.92 Å². The van der Waals surface area contributed by atoms with Gasteiger partial charge in [-0.15, -0.1) is 0 Å². The van der Waals surface area contributed by atoms with Gasteiger partial charge in [0, 0.05) is 16.1 Å². The van der Waals surface area contributed by atoms with Gasteiger partial charge in [0.25, 0.3) is 0 Å². The molecule has 0 aliphatic carbocycles. The predicted molar refractivity (Wildman–Crippen MR) is 81.9 cm³/mol. The Hall–Kier alpha value is -1.03. The van der Waals surface area contributed by atoms with Gasteiger partial charge in [-0.05, 0) is 29.7 Å². The fraction of sp³-hybridized carbons (Fsp3) is 0.400. The number of amides is 1. The third-order valence-corrected chi connectivity index (χ3v) is 4.25. The standard InChI is InChI=1S/C15H17Cl2NO2/c1-10(2)15(20)8-18(9-15)14(19)6-4-11-3-5-12(16)7-13(11)17/h3-7,10,20H,8-9H2,1-2H3. The van der Waals surface area contributed by atoms with E-state index in [2.05, 4.69) is 0 Å². The molecule has 2 rings (SSSR count). The second-order valence-corrected chi connectivity index (χ2v) is 6.30. The second kappa shape index (κ2) is 5.76. The smallest absolute Gasteiger partial charge is 0.246 e. The molecule has 1 N–H and O–H groups in total. The Morgan fingerprint density at radius 2 is 2.05 bits per heavy atom. The molecule has 0 radical (unpaired) electrons. The number of carbonyl (C=O) groups excluding carboxylic acids is 1. The number of carbonyl (C=O) groups is 1. The third kappa shape index (κ3) is 3.17. The molecule has 0 spiro atoms. The SMILES string of the molecule is CC(C)C1(O)CN(C(=O)C=Cc2ccc(Cl)cc2Cl)C1. The number of rotatable bonds is 3. The Bertz CT molecular complexity index is 549. The van der Waals surface area contributed by atoms with Crippen molar-refractivity contribution in [3.63, 3.8) is 0 Å². The van der Waals surface area contributed by atoms with Gasteiger partial charge in [-0.1, -0.05) is 43.1 Å². The van der Waals surface area contributed by atoms with Crippen LogP contribution in [0.15, 0.2) is 24.3 Å². The minimum atomic E-state index is -0.749. The maximum Gasteiger partial charge on any atom is 0.246 e. The maximum absolute atomic E-state index is 11.9. The van der Waals surface area contributed by atoms with Crippen molar-refractivity contribution < 1.29 is 9.90 Å². The number of halogens is 2. The molecule has 0 bridgehead atoms. The van der Waals surface area contributed by atoms with Crippen molar-refractivity contribution in [2.24, 2.45) is 5.92 Å². The fourth-order valence-corrected chi connectivity index (χ4v) is 2.51. The Morgan fingerprint density at radius 1 is 1.40 bits per heavy atom. The number of benzene rings is 1. The lowest BCUT2D eigenvalue weighted by molar-refractivity contribution is -0.158. The van der Waals surface area contributed by atoms with Gasteiger partial charge in [0.15, 0.2) is 0 Å². The summed E-state index contributed by atoms with van der Waals surface area (Å²) in [5.41, 5.74) is -0.00872. The van der Waals surface area contributed by atoms with E-state index >= 15 is 0 Å². The van der Waals surface area contributed by atoms with Crippen molar-refractivity contribution in [1.29, 1.82) is 0 Å². The molecule has 0 atom stereocenters. The van der Waals surface area contributed by atoms with E-state index in [1.165, 1.54) is 6.08 Å². The highest BCUT2D eigenvalue weighted by Crippen LogP contribution is 2.29. The molecule has 108 valence electrons. The van der Waals surface area contributed by atoms with Gasteiger partial charge in [-0.2, -0.15) is 0 Å². The minimum Gasteiger partial charge on any atom is -0.386 e. The summed E-state index contributed by atoms with van der Waals surface area (Å²) >= 11 is 11.8. The van der Waals surface area contributed by atoms with Crippen LogP contribution in [0.3, 0.4) is 0 Å².